The molecule has 0 spiro atoms. The Morgan fingerprint density at radius 3 is 1.26 bits per heavy atom. The fourth-order valence-corrected chi connectivity index (χ4v) is 5.73. The monoisotopic (exact) mass is 553 g/mol. The standard InChI is InChI=1S/C35H68O4/c1-24(2)26(38-27(36)34(18,31(10,11)12)22-29(4,5)6)25(3)20-21-33(16,17)39-28(37)35(19,32(13,14)15)23-30(7,8)9/h24-26H,20-23H2,1-19H3. The molecule has 0 aromatic rings. The molecule has 0 aromatic heterocycles. The van der Waals surface area contributed by atoms with Crippen LogP contribution in [0.25, 0.3) is 0 Å². The van der Waals surface area contributed by atoms with Crippen molar-refractivity contribution in [2.45, 2.75) is 169 Å². The van der Waals surface area contributed by atoms with Gasteiger partial charge in [-0.15, -0.1) is 0 Å². The van der Waals surface area contributed by atoms with Crippen molar-refractivity contribution >= 4 is 11.9 Å². The van der Waals surface area contributed by atoms with Crippen LogP contribution in [-0.4, -0.2) is 23.6 Å². The van der Waals surface area contributed by atoms with E-state index in [0.29, 0.717) is 6.42 Å². The van der Waals surface area contributed by atoms with E-state index in [2.05, 4.69) is 118 Å². The first-order valence-corrected chi connectivity index (χ1v) is 15.3. The summed E-state index contributed by atoms with van der Waals surface area (Å²) in [6.07, 6.45) is 2.81. The average molecular weight is 553 g/mol. The zero-order valence-electron chi connectivity index (χ0n) is 29.7. The summed E-state index contributed by atoms with van der Waals surface area (Å²) in [5, 5.41) is 0. The highest BCUT2D eigenvalue weighted by molar-refractivity contribution is 5.78. The molecule has 4 heteroatoms. The third-order valence-corrected chi connectivity index (χ3v) is 9.01. The molecule has 0 bridgehead atoms. The number of rotatable bonds is 11. The molecule has 0 aliphatic rings. The Labute approximate surface area is 244 Å². The van der Waals surface area contributed by atoms with Gasteiger partial charge in [0, 0.05) is 0 Å². The molecular formula is C35H68O4. The van der Waals surface area contributed by atoms with Crippen LogP contribution >= 0.6 is 0 Å². The Kier molecular flexibility index (Phi) is 12.1. The van der Waals surface area contributed by atoms with Gasteiger partial charge in [0.15, 0.2) is 0 Å². The zero-order chi connectivity index (χ0) is 31.6. The molecule has 0 aliphatic carbocycles. The summed E-state index contributed by atoms with van der Waals surface area (Å²) in [7, 11) is 0. The Bertz CT molecular complexity index is 810. The first kappa shape index (κ1) is 37.9. The Hall–Kier alpha value is -1.06. The van der Waals surface area contributed by atoms with Gasteiger partial charge in [-0.2, -0.15) is 0 Å². The van der Waals surface area contributed by atoms with E-state index in [0.717, 1.165) is 19.3 Å². The van der Waals surface area contributed by atoms with Gasteiger partial charge in [0.2, 0.25) is 0 Å². The lowest BCUT2D eigenvalue weighted by Gasteiger charge is -2.45. The predicted molar refractivity (Wildman–Crippen MR) is 167 cm³/mol. The molecule has 4 nitrogen and oxygen atoms in total. The van der Waals surface area contributed by atoms with Gasteiger partial charge in [0.05, 0.1) is 10.8 Å². The Balaban J connectivity index is 5.74. The quantitative estimate of drug-likeness (QED) is 0.239. The molecule has 0 saturated carbocycles. The number of ether oxygens (including phenoxy) is 2. The Morgan fingerprint density at radius 2 is 0.949 bits per heavy atom. The van der Waals surface area contributed by atoms with E-state index >= 15 is 0 Å². The topological polar surface area (TPSA) is 52.6 Å². The maximum Gasteiger partial charge on any atom is 0.312 e. The van der Waals surface area contributed by atoms with Crippen LogP contribution in [0.3, 0.4) is 0 Å². The smallest absolute Gasteiger partial charge is 0.312 e. The van der Waals surface area contributed by atoms with E-state index in [1.165, 1.54) is 0 Å². The fourth-order valence-electron chi connectivity index (χ4n) is 5.73. The summed E-state index contributed by atoms with van der Waals surface area (Å²) < 4.78 is 12.6. The highest BCUT2D eigenvalue weighted by atomic mass is 16.6. The highest BCUT2D eigenvalue weighted by Crippen LogP contribution is 2.49. The number of hydrogen-bond acceptors (Lipinski definition) is 4. The minimum absolute atomic E-state index is 0.00242. The lowest BCUT2D eigenvalue weighted by atomic mass is 9.61. The molecular weight excluding hydrogens is 484 g/mol. The number of esters is 2. The molecule has 232 valence electrons. The molecule has 0 saturated heterocycles. The van der Waals surface area contributed by atoms with Crippen molar-refractivity contribution in [2.75, 3.05) is 0 Å². The highest BCUT2D eigenvalue weighted by Gasteiger charge is 2.50. The van der Waals surface area contributed by atoms with E-state index in [-0.39, 0.29) is 51.5 Å². The van der Waals surface area contributed by atoms with Crippen molar-refractivity contribution in [1.29, 1.82) is 0 Å². The minimum Gasteiger partial charge on any atom is -0.461 e. The van der Waals surface area contributed by atoms with E-state index in [4.69, 9.17) is 9.47 Å². The van der Waals surface area contributed by atoms with Crippen LogP contribution in [0.2, 0.25) is 0 Å². The largest absolute Gasteiger partial charge is 0.461 e. The van der Waals surface area contributed by atoms with Gasteiger partial charge in [0.25, 0.3) is 0 Å². The summed E-state index contributed by atoms with van der Waals surface area (Å²) in [4.78, 5) is 27.4. The average Bonchev–Trinajstić information content (AvgIpc) is 2.65. The molecule has 0 fully saturated rings. The molecule has 4 atom stereocenters. The van der Waals surface area contributed by atoms with Crippen molar-refractivity contribution < 1.29 is 19.1 Å². The van der Waals surface area contributed by atoms with E-state index in [1.807, 2.05) is 13.8 Å². The van der Waals surface area contributed by atoms with Crippen molar-refractivity contribution in [3.05, 3.63) is 0 Å². The van der Waals surface area contributed by atoms with Crippen LogP contribution in [0, 0.1) is 44.3 Å². The third-order valence-electron chi connectivity index (χ3n) is 9.01. The van der Waals surface area contributed by atoms with Gasteiger partial charge in [-0.1, -0.05) is 104 Å². The molecule has 0 rings (SSSR count). The van der Waals surface area contributed by atoms with Crippen LogP contribution in [0.4, 0.5) is 0 Å². The molecule has 0 heterocycles. The van der Waals surface area contributed by atoms with Crippen molar-refractivity contribution in [3.8, 4) is 0 Å². The van der Waals surface area contributed by atoms with Crippen LogP contribution in [0.15, 0.2) is 0 Å². The van der Waals surface area contributed by atoms with Crippen LogP contribution in [-0.2, 0) is 19.1 Å². The number of hydrogen-bond donors (Lipinski definition) is 0. The van der Waals surface area contributed by atoms with Gasteiger partial charge < -0.3 is 9.47 Å². The molecule has 0 aromatic carbocycles. The zero-order valence-corrected chi connectivity index (χ0v) is 29.7. The van der Waals surface area contributed by atoms with Gasteiger partial charge in [-0.3, -0.25) is 9.59 Å². The molecule has 39 heavy (non-hydrogen) atoms. The second kappa shape index (κ2) is 12.4. The summed E-state index contributed by atoms with van der Waals surface area (Å²) in [6, 6.07) is 0. The van der Waals surface area contributed by atoms with Crippen molar-refractivity contribution in [3.63, 3.8) is 0 Å². The first-order valence-electron chi connectivity index (χ1n) is 15.3. The van der Waals surface area contributed by atoms with Gasteiger partial charge in [-0.05, 0) is 86.9 Å². The maximum atomic E-state index is 13.8. The van der Waals surface area contributed by atoms with Crippen LogP contribution in [0.5, 0.6) is 0 Å². The lowest BCUT2D eigenvalue weighted by Crippen LogP contribution is -2.47. The van der Waals surface area contributed by atoms with E-state index < -0.39 is 16.4 Å². The SMILES string of the molecule is CC(C)C(OC(=O)C(C)(CC(C)(C)C)C(C)(C)C)C(C)CCC(C)(C)OC(=O)C(C)(CC(C)(C)C)C(C)(C)C. The normalized spacial score (nSPS) is 18.7. The first-order chi connectivity index (χ1) is 16.9. The van der Waals surface area contributed by atoms with Gasteiger partial charge >= 0.3 is 11.9 Å². The second-order valence-electron chi connectivity index (χ2n) is 18.4. The van der Waals surface area contributed by atoms with Gasteiger partial charge in [-0.25, -0.2) is 0 Å². The lowest BCUT2D eigenvalue weighted by molar-refractivity contribution is -0.180. The van der Waals surface area contributed by atoms with Crippen LogP contribution in [0.1, 0.15) is 157 Å². The molecule has 0 radical (unpaired) electrons. The fraction of sp³-hybridized carbons (Fsp3) is 0.943. The van der Waals surface area contributed by atoms with Crippen LogP contribution < -0.4 is 0 Å². The van der Waals surface area contributed by atoms with E-state index in [1.54, 1.807) is 0 Å². The molecule has 0 aliphatic heterocycles. The summed E-state index contributed by atoms with van der Waals surface area (Å²) >= 11 is 0. The van der Waals surface area contributed by atoms with Gasteiger partial charge in [0.1, 0.15) is 11.7 Å². The van der Waals surface area contributed by atoms with Crippen molar-refractivity contribution in [1.82, 2.24) is 0 Å². The number of carbonyl (C=O) groups is 2. The third kappa shape index (κ3) is 11.0. The van der Waals surface area contributed by atoms with E-state index in [9.17, 15) is 9.59 Å². The summed E-state index contributed by atoms with van der Waals surface area (Å²) in [5.41, 5.74) is -2.28. The number of carbonyl (C=O) groups excluding carboxylic acids is 2. The Morgan fingerprint density at radius 1 is 0.590 bits per heavy atom. The molecule has 4 unspecified atom stereocenters. The molecule has 0 amide bonds. The molecule has 0 N–H and O–H groups in total. The summed E-state index contributed by atoms with van der Waals surface area (Å²) in [5.74, 6) is 0.0839. The minimum atomic E-state index is -0.618. The van der Waals surface area contributed by atoms with Crippen molar-refractivity contribution in [2.24, 2.45) is 44.3 Å². The maximum absolute atomic E-state index is 13.8. The second-order valence-corrected chi connectivity index (χ2v) is 18.4. The predicted octanol–water partition coefficient (Wildman–Crippen LogP) is 10.3. The summed E-state index contributed by atoms with van der Waals surface area (Å²) in [6.45, 7) is 40.4.